The van der Waals surface area contributed by atoms with E-state index in [0.717, 1.165) is 58.3 Å². The van der Waals surface area contributed by atoms with Crippen LogP contribution in [0.25, 0.3) is 0 Å². The molecule has 4 rings (SSSR count). The molecule has 0 N–H and O–H groups in total. The number of likely N-dealkylation sites (tertiary alicyclic amines) is 1. The number of imide groups is 1. The first kappa shape index (κ1) is 16.6. The summed E-state index contributed by atoms with van der Waals surface area (Å²) < 4.78 is 0. The number of rotatable bonds is 4. The second-order valence-corrected chi connectivity index (χ2v) is 7.80. The highest BCUT2D eigenvalue weighted by Gasteiger charge is 2.57. The van der Waals surface area contributed by atoms with Gasteiger partial charge in [0.1, 0.15) is 5.54 Å². The highest BCUT2D eigenvalue weighted by Crippen LogP contribution is 2.39. The van der Waals surface area contributed by atoms with Crippen LogP contribution in [0.5, 0.6) is 0 Å². The molecule has 0 spiro atoms. The summed E-state index contributed by atoms with van der Waals surface area (Å²) >= 11 is 0. The zero-order valence-electron chi connectivity index (χ0n) is 15.0. The highest BCUT2D eigenvalue weighted by atomic mass is 16.2. The Hall–Kier alpha value is -1.88. The van der Waals surface area contributed by atoms with Crippen molar-refractivity contribution >= 4 is 11.9 Å². The molecular formula is C20H27N3O2. The van der Waals surface area contributed by atoms with Crippen LogP contribution in [0.15, 0.2) is 30.3 Å². The van der Waals surface area contributed by atoms with Crippen molar-refractivity contribution in [2.75, 3.05) is 26.2 Å². The summed E-state index contributed by atoms with van der Waals surface area (Å²) in [4.78, 5) is 31.4. The first-order valence-electron chi connectivity index (χ1n) is 9.51. The van der Waals surface area contributed by atoms with Gasteiger partial charge in [-0.3, -0.25) is 9.69 Å². The summed E-state index contributed by atoms with van der Waals surface area (Å²) in [7, 11) is 0. The van der Waals surface area contributed by atoms with Gasteiger partial charge in [0.15, 0.2) is 0 Å². The standard InChI is InChI=1S/C20H27N3O2/c1-20-11-5-12-22(20)19(25)23(18(20)24)17-9-14-21(15-10-17)13-8-16-6-3-2-4-7-16/h2-4,6-7,17H,5,8-15H2,1H3. The van der Waals surface area contributed by atoms with Crippen molar-refractivity contribution in [2.24, 2.45) is 0 Å². The minimum atomic E-state index is -0.568. The van der Waals surface area contributed by atoms with Gasteiger partial charge >= 0.3 is 6.03 Å². The molecule has 3 heterocycles. The van der Waals surface area contributed by atoms with E-state index in [1.165, 1.54) is 5.56 Å². The average Bonchev–Trinajstić information content (AvgIpc) is 3.12. The molecule has 0 aliphatic carbocycles. The second-order valence-electron chi connectivity index (χ2n) is 7.80. The summed E-state index contributed by atoms with van der Waals surface area (Å²) in [6.45, 7) is 5.64. The molecule has 3 aliphatic rings. The molecule has 134 valence electrons. The molecule has 0 radical (unpaired) electrons. The Morgan fingerprint density at radius 3 is 2.48 bits per heavy atom. The largest absolute Gasteiger partial charge is 0.327 e. The third-order valence-electron chi connectivity index (χ3n) is 6.24. The van der Waals surface area contributed by atoms with Crippen LogP contribution < -0.4 is 0 Å². The van der Waals surface area contributed by atoms with Crippen LogP contribution in [0.4, 0.5) is 4.79 Å². The molecule has 3 aliphatic heterocycles. The van der Waals surface area contributed by atoms with E-state index in [-0.39, 0.29) is 18.0 Å². The molecule has 1 unspecified atom stereocenters. The monoisotopic (exact) mass is 341 g/mol. The van der Waals surface area contributed by atoms with E-state index in [2.05, 4.69) is 29.2 Å². The highest BCUT2D eigenvalue weighted by molar-refractivity contribution is 6.07. The molecule has 25 heavy (non-hydrogen) atoms. The van der Waals surface area contributed by atoms with Gasteiger partial charge in [-0.05, 0) is 44.6 Å². The third-order valence-corrected chi connectivity index (χ3v) is 6.24. The zero-order valence-corrected chi connectivity index (χ0v) is 15.0. The van der Waals surface area contributed by atoms with Crippen molar-refractivity contribution in [3.63, 3.8) is 0 Å². The Bertz CT molecular complexity index is 654. The lowest BCUT2D eigenvalue weighted by molar-refractivity contribution is -0.134. The number of hydrogen-bond donors (Lipinski definition) is 0. The van der Waals surface area contributed by atoms with Gasteiger partial charge in [0.25, 0.3) is 5.91 Å². The van der Waals surface area contributed by atoms with Crippen molar-refractivity contribution in [3.8, 4) is 0 Å². The number of hydrogen-bond acceptors (Lipinski definition) is 3. The van der Waals surface area contributed by atoms with Crippen LogP contribution in [-0.2, 0) is 11.2 Å². The fourth-order valence-corrected chi connectivity index (χ4v) is 4.62. The second kappa shape index (κ2) is 6.45. The maximum Gasteiger partial charge on any atom is 0.327 e. The van der Waals surface area contributed by atoms with E-state index in [9.17, 15) is 9.59 Å². The molecule has 3 saturated heterocycles. The lowest BCUT2D eigenvalue weighted by Gasteiger charge is -2.35. The topological polar surface area (TPSA) is 43.9 Å². The van der Waals surface area contributed by atoms with Crippen molar-refractivity contribution in [3.05, 3.63) is 35.9 Å². The molecule has 3 amide bonds. The summed E-state index contributed by atoms with van der Waals surface area (Å²) in [5.41, 5.74) is 0.796. The van der Waals surface area contributed by atoms with Gasteiger partial charge < -0.3 is 9.80 Å². The summed E-state index contributed by atoms with van der Waals surface area (Å²) in [5.74, 6) is 0.0396. The maximum absolute atomic E-state index is 12.9. The van der Waals surface area contributed by atoms with E-state index >= 15 is 0 Å². The lowest BCUT2D eigenvalue weighted by Crippen LogP contribution is -2.49. The van der Waals surface area contributed by atoms with Crippen molar-refractivity contribution in [1.82, 2.24) is 14.7 Å². The molecule has 1 aromatic carbocycles. The fraction of sp³-hybridized carbons (Fsp3) is 0.600. The van der Waals surface area contributed by atoms with Crippen LogP contribution in [0, 0.1) is 0 Å². The number of piperidine rings is 1. The van der Waals surface area contributed by atoms with Crippen LogP contribution in [-0.4, -0.2) is 64.4 Å². The molecule has 0 saturated carbocycles. The Balaban J connectivity index is 1.33. The molecule has 1 aromatic rings. The number of amides is 3. The van der Waals surface area contributed by atoms with Gasteiger partial charge in [-0.2, -0.15) is 0 Å². The molecule has 0 aromatic heterocycles. The third kappa shape index (κ3) is 2.84. The van der Waals surface area contributed by atoms with E-state index < -0.39 is 5.54 Å². The first-order valence-corrected chi connectivity index (χ1v) is 9.51. The summed E-state index contributed by atoms with van der Waals surface area (Å²) in [6.07, 6.45) is 4.61. The quantitative estimate of drug-likeness (QED) is 0.791. The van der Waals surface area contributed by atoms with Gasteiger partial charge in [-0.1, -0.05) is 30.3 Å². The molecule has 3 fully saturated rings. The Morgan fingerprint density at radius 2 is 1.80 bits per heavy atom. The first-order chi connectivity index (χ1) is 12.1. The smallest absolute Gasteiger partial charge is 0.310 e. The Labute approximate surface area is 149 Å². The summed E-state index contributed by atoms with van der Waals surface area (Å²) in [6, 6.07) is 10.6. The number of fused-ring (bicyclic) bond motifs is 1. The van der Waals surface area contributed by atoms with Crippen LogP contribution >= 0.6 is 0 Å². The number of benzene rings is 1. The van der Waals surface area contributed by atoms with Crippen molar-refractivity contribution < 1.29 is 9.59 Å². The lowest BCUT2D eigenvalue weighted by atomic mass is 9.97. The maximum atomic E-state index is 12.9. The zero-order chi connectivity index (χ0) is 17.4. The number of carbonyl (C=O) groups excluding carboxylic acids is 2. The SMILES string of the molecule is CC12CCCN1C(=O)N(C1CCN(CCc3ccccc3)CC1)C2=O. The number of urea groups is 1. The number of nitrogens with zero attached hydrogens (tertiary/aromatic N) is 3. The molecule has 5 heteroatoms. The Kier molecular flexibility index (Phi) is 4.28. The van der Waals surface area contributed by atoms with Gasteiger partial charge in [0.2, 0.25) is 0 Å². The normalized spacial score (nSPS) is 28.0. The molecular weight excluding hydrogens is 314 g/mol. The van der Waals surface area contributed by atoms with Gasteiger partial charge in [0.05, 0.1) is 0 Å². The van der Waals surface area contributed by atoms with E-state index in [1.807, 2.05) is 13.0 Å². The van der Waals surface area contributed by atoms with Gasteiger partial charge in [0, 0.05) is 32.2 Å². The predicted octanol–water partition coefficient (Wildman–Crippen LogP) is 2.51. The predicted molar refractivity (Wildman–Crippen MR) is 96.2 cm³/mol. The average molecular weight is 341 g/mol. The fourth-order valence-electron chi connectivity index (χ4n) is 4.62. The van der Waals surface area contributed by atoms with Gasteiger partial charge in [-0.15, -0.1) is 0 Å². The number of carbonyl (C=O) groups is 2. The summed E-state index contributed by atoms with van der Waals surface area (Å²) in [5, 5.41) is 0. The molecule has 0 bridgehead atoms. The van der Waals surface area contributed by atoms with Crippen LogP contribution in [0.2, 0.25) is 0 Å². The van der Waals surface area contributed by atoms with E-state index in [0.29, 0.717) is 0 Å². The van der Waals surface area contributed by atoms with Crippen molar-refractivity contribution in [1.29, 1.82) is 0 Å². The molecule has 5 nitrogen and oxygen atoms in total. The van der Waals surface area contributed by atoms with E-state index in [4.69, 9.17) is 0 Å². The minimum Gasteiger partial charge on any atom is -0.310 e. The Morgan fingerprint density at radius 1 is 1.08 bits per heavy atom. The van der Waals surface area contributed by atoms with Crippen LogP contribution in [0.1, 0.15) is 38.2 Å². The van der Waals surface area contributed by atoms with Crippen LogP contribution in [0.3, 0.4) is 0 Å². The molecule has 1 atom stereocenters. The van der Waals surface area contributed by atoms with Gasteiger partial charge in [-0.25, -0.2) is 4.79 Å². The van der Waals surface area contributed by atoms with E-state index in [1.54, 1.807) is 9.80 Å². The van der Waals surface area contributed by atoms with Crippen molar-refractivity contribution in [2.45, 2.75) is 50.6 Å². The minimum absolute atomic E-state index is 0.0396.